The van der Waals surface area contributed by atoms with Crippen molar-refractivity contribution in [2.75, 3.05) is 5.32 Å². The van der Waals surface area contributed by atoms with Gasteiger partial charge in [-0.15, -0.1) is 0 Å². The molecule has 27 heavy (non-hydrogen) atoms. The van der Waals surface area contributed by atoms with Crippen molar-refractivity contribution >= 4 is 5.69 Å². The molecule has 4 nitrogen and oxygen atoms in total. The van der Waals surface area contributed by atoms with Crippen LogP contribution in [0.1, 0.15) is 29.7 Å². The van der Waals surface area contributed by atoms with Gasteiger partial charge in [0.05, 0.1) is 11.7 Å². The summed E-state index contributed by atoms with van der Waals surface area (Å²) in [5.41, 5.74) is 10.5. The minimum atomic E-state index is 0.125. The van der Waals surface area contributed by atoms with Gasteiger partial charge >= 0.3 is 0 Å². The smallest absolute Gasteiger partial charge is 0.150 e. The molecule has 1 heterocycles. The van der Waals surface area contributed by atoms with Crippen LogP contribution in [0.2, 0.25) is 0 Å². The molecule has 0 unspecified atom stereocenters. The van der Waals surface area contributed by atoms with Crippen molar-refractivity contribution in [2.24, 2.45) is 5.73 Å². The number of anilines is 1. The zero-order valence-corrected chi connectivity index (χ0v) is 15.3. The van der Waals surface area contributed by atoms with Gasteiger partial charge in [-0.05, 0) is 35.7 Å². The monoisotopic (exact) mass is 357 g/mol. The van der Waals surface area contributed by atoms with Gasteiger partial charge in [0, 0.05) is 6.54 Å². The summed E-state index contributed by atoms with van der Waals surface area (Å²) < 4.78 is 5.73. The summed E-state index contributed by atoms with van der Waals surface area (Å²) >= 11 is 0. The summed E-state index contributed by atoms with van der Waals surface area (Å²) in [6.45, 7) is 2.58. The summed E-state index contributed by atoms with van der Waals surface area (Å²) in [6, 6.07) is 27.3. The molecule has 0 atom stereocenters. The minimum Gasteiger partial charge on any atom is -0.456 e. The fourth-order valence-electron chi connectivity index (χ4n) is 3.27. The van der Waals surface area contributed by atoms with Crippen LogP contribution < -0.4 is 21.1 Å². The Kier molecular flexibility index (Phi) is 4.81. The number of ether oxygens (including phenoxy) is 1. The fraction of sp³-hybridized carbons (Fsp3) is 0.130. The Hall–Kier alpha value is -3.24. The van der Waals surface area contributed by atoms with Gasteiger partial charge in [0.15, 0.2) is 5.75 Å². The van der Waals surface area contributed by atoms with Gasteiger partial charge in [0.1, 0.15) is 11.6 Å². The third kappa shape index (κ3) is 3.81. The minimum absolute atomic E-state index is 0.125. The Morgan fingerprint density at radius 3 is 2.19 bits per heavy atom. The van der Waals surface area contributed by atoms with E-state index in [1.165, 1.54) is 11.1 Å². The molecule has 0 saturated carbocycles. The van der Waals surface area contributed by atoms with Crippen LogP contribution in [0.25, 0.3) is 0 Å². The predicted octanol–water partition coefficient (Wildman–Crippen LogP) is 4.52. The highest BCUT2D eigenvalue weighted by atomic mass is 16.5. The van der Waals surface area contributed by atoms with Gasteiger partial charge < -0.3 is 21.1 Å². The topological polar surface area (TPSA) is 59.3 Å². The van der Waals surface area contributed by atoms with Gasteiger partial charge in [-0.1, -0.05) is 66.7 Å². The third-order valence-electron chi connectivity index (χ3n) is 4.73. The molecule has 136 valence electrons. The molecule has 0 aromatic heterocycles. The molecule has 0 radical (unpaired) electrons. The molecule has 4 rings (SSSR count). The van der Waals surface area contributed by atoms with E-state index in [0.717, 1.165) is 23.5 Å². The SMILES string of the molecule is CC1=C(N)Nc2cc(CNC(c3ccccc3)c3ccccc3)ccc2O1. The van der Waals surface area contributed by atoms with Crippen LogP contribution >= 0.6 is 0 Å². The molecule has 3 aromatic rings. The second-order valence-electron chi connectivity index (χ2n) is 6.66. The van der Waals surface area contributed by atoms with E-state index in [0.29, 0.717) is 11.6 Å². The van der Waals surface area contributed by atoms with Crippen LogP contribution in [-0.2, 0) is 6.54 Å². The van der Waals surface area contributed by atoms with Crippen LogP contribution in [0.15, 0.2) is 90.4 Å². The molecule has 3 aromatic carbocycles. The molecule has 4 heteroatoms. The highest BCUT2D eigenvalue weighted by Gasteiger charge is 2.16. The Morgan fingerprint density at radius 2 is 1.56 bits per heavy atom. The van der Waals surface area contributed by atoms with E-state index in [2.05, 4.69) is 71.3 Å². The maximum Gasteiger partial charge on any atom is 0.150 e. The van der Waals surface area contributed by atoms with Gasteiger partial charge in [-0.3, -0.25) is 0 Å². The first-order valence-electron chi connectivity index (χ1n) is 9.08. The van der Waals surface area contributed by atoms with Crippen LogP contribution in [0, 0.1) is 0 Å². The summed E-state index contributed by atoms with van der Waals surface area (Å²) in [6.07, 6.45) is 0. The van der Waals surface area contributed by atoms with Gasteiger partial charge in [0.2, 0.25) is 0 Å². The maximum atomic E-state index is 5.95. The van der Waals surface area contributed by atoms with Crippen molar-refractivity contribution in [1.29, 1.82) is 0 Å². The number of fused-ring (bicyclic) bond motifs is 1. The lowest BCUT2D eigenvalue weighted by atomic mass is 9.98. The standard InChI is InChI=1S/C23H23N3O/c1-16-23(24)26-20-14-17(12-13-21(20)27-16)15-25-22(18-8-4-2-5-9-18)19-10-6-3-7-11-19/h2-14,22,25-26H,15,24H2,1H3. The first-order valence-corrected chi connectivity index (χ1v) is 9.08. The molecule has 0 bridgehead atoms. The van der Waals surface area contributed by atoms with Crippen molar-refractivity contribution < 1.29 is 4.74 Å². The molecule has 0 amide bonds. The van der Waals surface area contributed by atoms with E-state index in [9.17, 15) is 0 Å². The quantitative estimate of drug-likeness (QED) is 0.628. The number of nitrogens with two attached hydrogens (primary N) is 1. The van der Waals surface area contributed by atoms with Gasteiger partial charge in [-0.2, -0.15) is 0 Å². The lowest BCUT2D eigenvalue weighted by Crippen LogP contribution is -2.22. The molecule has 4 N–H and O–H groups in total. The molecule has 0 saturated heterocycles. The number of nitrogens with one attached hydrogen (secondary N) is 2. The summed E-state index contributed by atoms with van der Waals surface area (Å²) in [7, 11) is 0. The number of hydrogen-bond acceptors (Lipinski definition) is 4. The number of allylic oxidation sites excluding steroid dienone is 1. The molecule has 0 aliphatic carbocycles. The molecule has 0 fully saturated rings. The Balaban J connectivity index is 1.55. The fourth-order valence-corrected chi connectivity index (χ4v) is 3.27. The number of rotatable bonds is 5. The Bertz CT molecular complexity index is 912. The number of benzene rings is 3. The van der Waals surface area contributed by atoms with Crippen LogP contribution in [0.5, 0.6) is 5.75 Å². The molecule has 1 aliphatic heterocycles. The molecule has 1 aliphatic rings. The van der Waals surface area contributed by atoms with Crippen molar-refractivity contribution in [3.8, 4) is 5.75 Å². The van der Waals surface area contributed by atoms with Gasteiger partial charge in [0.25, 0.3) is 0 Å². The zero-order valence-electron chi connectivity index (χ0n) is 15.3. The summed E-state index contributed by atoms with van der Waals surface area (Å²) in [5.74, 6) is 2.05. The largest absolute Gasteiger partial charge is 0.456 e. The van der Waals surface area contributed by atoms with E-state index >= 15 is 0 Å². The van der Waals surface area contributed by atoms with E-state index in [1.807, 2.05) is 25.1 Å². The van der Waals surface area contributed by atoms with Crippen LogP contribution in [-0.4, -0.2) is 0 Å². The molecular weight excluding hydrogens is 334 g/mol. The maximum absolute atomic E-state index is 5.95. The van der Waals surface area contributed by atoms with Crippen molar-refractivity contribution in [2.45, 2.75) is 19.5 Å². The lowest BCUT2D eigenvalue weighted by molar-refractivity contribution is 0.415. The normalized spacial score (nSPS) is 13.1. The average molecular weight is 357 g/mol. The summed E-state index contributed by atoms with van der Waals surface area (Å²) in [5, 5.41) is 6.89. The number of hydrogen-bond donors (Lipinski definition) is 3. The third-order valence-corrected chi connectivity index (χ3v) is 4.73. The van der Waals surface area contributed by atoms with Crippen LogP contribution in [0.3, 0.4) is 0 Å². The van der Waals surface area contributed by atoms with Crippen molar-refractivity contribution in [3.05, 3.63) is 107 Å². The predicted molar refractivity (Wildman–Crippen MR) is 109 cm³/mol. The highest BCUT2D eigenvalue weighted by molar-refractivity contribution is 5.63. The highest BCUT2D eigenvalue weighted by Crippen LogP contribution is 2.32. The van der Waals surface area contributed by atoms with E-state index < -0.39 is 0 Å². The van der Waals surface area contributed by atoms with Crippen LogP contribution in [0.4, 0.5) is 5.69 Å². The van der Waals surface area contributed by atoms with Gasteiger partial charge in [-0.25, -0.2) is 0 Å². The first kappa shape index (κ1) is 17.2. The average Bonchev–Trinajstić information content (AvgIpc) is 2.71. The van der Waals surface area contributed by atoms with E-state index in [4.69, 9.17) is 10.5 Å². The van der Waals surface area contributed by atoms with E-state index in [-0.39, 0.29) is 6.04 Å². The van der Waals surface area contributed by atoms with Crippen molar-refractivity contribution in [1.82, 2.24) is 5.32 Å². The molecule has 0 spiro atoms. The second-order valence-corrected chi connectivity index (χ2v) is 6.66. The molecular formula is C23H23N3O. The van der Waals surface area contributed by atoms with Crippen molar-refractivity contribution in [3.63, 3.8) is 0 Å². The lowest BCUT2D eigenvalue weighted by Gasteiger charge is -2.23. The second kappa shape index (κ2) is 7.56. The zero-order chi connectivity index (χ0) is 18.6. The first-order chi connectivity index (χ1) is 13.2. The van der Waals surface area contributed by atoms with E-state index in [1.54, 1.807) is 0 Å². The Labute approximate surface area is 159 Å². The Morgan fingerprint density at radius 1 is 0.926 bits per heavy atom. The summed E-state index contributed by atoms with van der Waals surface area (Å²) in [4.78, 5) is 0.